The molecule has 1 fully saturated rings. The minimum Gasteiger partial charge on any atom is -0.489 e. The second-order valence-electron chi connectivity index (χ2n) is 10.3. The molecule has 0 saturated carbocycles. The molecule has 1 N–H and O–H groups in total. The van der Waals surface area contributed by atoms with Crippen LogP contribution in [-0.2, 0) is 19.7 Å². The van der Waals surface area contributed by atoms with E-state index in [1.165, 1.54) is 16.7 Å². The molecule has 0 atom stereocenters. The summed E-state index contributed by atoms with van der Waals surface area (Å²) in [6, 6.07) is 34.4. The van der Waals surface area contributed by atoms with Crippen molar-refractivity contribution in [1.29, 1.82) is 0 Å². The second kappa shape index (κ2) is 13.7. The zero-order valence-electron chi connectivity index (χ0n) is 23.0. The van der Waals surface area contributed by atoms with Crippen LogP contribution in [-0.4, -0.2) is 48.1 Å². The fourth-order valence-electron chi connectivity index (χ4n) is 4.70. The normalized spacial score (nSPS) is 14.3. The number of piperazine rings is 1. The van der Waals surface area contributed by atoms with E-state index in [0.29, 0.717) is 12.2 Å². The first kappa shape index (κ1) is 27.3. The van der Waals surface area contributed by atoms with Crippen LogP contribution in [0.2, 0.25) is 0 Å². The molecule has 1 amide bonds. The lowest BCUT2D eigenvalue weighted by Crippen LogP contribution is -2.45. The van der Waals surface area contributed by atoms with Gasteiger partial charge in [-0.15, -0.1) is 0 Å². The summed E-state index contributed by atoms with van der Waals surface area (Å²) in [7, 11) is 0. The summed E-state index contributed by atoms with van der Waals surface area (Å²) in [4.78, 5) is 17.5. The molecule has 1 aliphatic rings. The number of hydrazone groups is 1. The largest absolute Gasteiger partial charge is 0.489 e. The van der Waals surface area contributed by atoms with Crippen molar-refractivity contribution in [3.8, 4) is 5.75 Å². The number of hydrogen-bond donors (Lipinski definition) is 1. The number of amides is 1. The summed E-state index contributed by atoms with van der Waals surface area (Å²) in [5, 5.41) is 4.12. The minimum absolute atomic E-state index is 0.227. The summed E-state index contributed by atoms with van der Waals surface area (Å²) >= 11 is 0. The van der Waals surface area contributed by atoms with Gasteiger partial charge in [-0.25, -0.2) is 5.43 Å². The molecule has 6 nitrogen and oxygen atoms in total. The Balaban J connectivity index is 1.03. The van der Waals surface area contributed by atoms with Crippen LogP contribution >= 0.6 is 0 Å². The van der Waals surface area contributed by atoms with E-state index in [1.54, 1.807) is 6.21 Å². The third-order valence-corrected chi connectivity index (χ3v) is 7.12. The number of ether oxygens (including phenoxy) is 1. The molecule has 0 radical (unpaired) electrons. The Morgan fingerprint density at radius 2 is 1.32 bits per heavy atom. The molecule has 0 unspecified atom stereocenters. The molecule has 0 spiro atoms. The standard InChI is InChI=1S/C34H36N4O2/c1-27-7-9-31(10-8-27)26-40-33-17-13-28(14-18-33)23-35-36-34(39)32-15-11-30(12-16-32)25-38-21-19-37(20-22-38)24-29-5-3-2-4-6-29/h2-18,23H,19-22,24-26H2,1H3,(H,36,39)/b35-23-. The van der Waals surface area contributed by atoms with Gasteiger partial charge in [0.1, 0.15) is 12.4 Å². The van der Waals surface area contributed by atoms with E-state index < -0.39 is 0 Å². The monoisotopic (exact) mass is 532 g/mol. The quantitative estimate of drug-likeness (QED) is 0.212. The van der Waals surface area contributed by atoms with Crippen molar-refractivity contribution < 1.29 is 9.53 Å². The maximum atomic E-state index is 12.6. The molecule has 204 valence electrons. The van der Waals surface area contributed by atoms with Gasteiger partial charge in [0.15, 0.2) is 0 Å². The summed E-state index contributed by atoms with van der Waals surface area (Å²) in [6.07, 6.45) is 1.63. The molecule has 6 heteroatoms. The van der Waals surface area contributed by atoms with Crippen molar-refractivity contribution in [2.75, 3.05) is 26.2 Å². The van der Waals surface area contributed by atoms with Crippen molar-refractivity contribution in [3.05, 3.63) is 137 Å². The van der Waals surface area contributed by atoms with Crippen LogP contribution < -0.4 is 10.2 Å². The number of rotatable bonds is 10. The van der Waals surface area contributed by atoms with Crippen molar-refractivity contribution >= 4 is 12.1 Å². The maximum Gasteiger partial charge on any atom is 0.271 e. The highest BCUT2D eigenvalue weighted by atomic mass is 16.5. The van der Waals surface area contributed by atoms with Crippen molar-refractivity contribution in [2.45, 2.75) is 26.6 Å². The van der Waals surface area contributed by atoms with Gasteiger partial charge in [-0.05, 0) is 65.6 Å². The van der Waals surface area contributed by atoms with Gasteiger partial charge in [-0.2, -0.15) is 5.10 Å². The Labute approximate surface area is 236 Å². The summed E-state index contributed by atoms with van der Waals surface area (Å²) in [5.74, 6) is 0.561. The Morgan fingerprint density at radius 1 is 0.750 bits per heavy atom. The van der Waals surface area contributed by atoms with Gasteiger partial charge in [0.2, 0.25) is 0 Å². The van der Waals surface area contributed by atoms with Crippen molar-refractivity contribution in [3.63, 3.8) is 0 Å². The third-order valence-electron chi connectivity index (χ3n) is 7.12. The van der Waals surface area contributed by atoms with Crippen LogP contribution in [0.15, 0.2) is 108 Å². The molecule has 5 rings (SSSR count). The molecule has 0 aromatic heterocycles. The fourth-order valence-corrected chi connectivity index (χ4v) is 4.70. The molecule has 1 heterocycles. The zero-order chi connectivity index (χ0) is 27.6. The molecular formula is C34H36N4O2. The van der Waals surface area contributed by atoms with Crippen LogP contribution in [0.4, 0.5) is 0 Å². The van der Waals surface area contributed by atoms with Gasteiger partial charge >= 0.3 is 0 Å². The summed E-state index contributed by atoms with van der Waals surface area (Å²) < 4.78 is 5.85. The van der Waals surface area contributed by atoms with Gasteiger partial charge < -0.3 is 4.74 Å². The first-order valence-corrected chi connectivity index (χ1v) is 13.8. The molecule has 1 aliphatic heterocycles. The van der Waals surface area contributed by atoms with E-state index in [9.17, 15) is 4.79 Å². The van der Waals surface area contributed by atoms with Crippen LogP contribution in [0.1, 0.15) is 38.2 Å². The predicted octanol–water partition coefficient (Wildman–Crippen LogP) is 5.66. The highest BCUT2D eigenvalue weighted by molar-refractivity contribution is 5.94. The average Bonchev–Trinajstić information content (AvgIpc) is 2.99. The van der Waals surface area contributed by atoms with Crippen LogP contribution in [0.25, 0.3) is 0 Å². The first-order chi connectivity index (χ1) is 19.6. The Hall–Kier alpha value is -4.26. The lowest BCUT2D eigenvalue weighted by atomic mass is 10.1. The average molecular weight is 533 g/mol. The Bertz CT molecular complexity index is 1380. The lowest BCUT2D eigenvalue weighted by Gasteiger charge is -2.34. The Morgan fingerprint density at radius 3 is 1.95 bits per heavy atom. The number of benzene rings is 4. The van der Waals surface area contributed by atoms with Gasteiger partial charge in [0.05, 0.1) is 6.21 Å². The molecule has 0 aliphatic carbocycles. The lowest BCUT2D eigenvalue weighted by molar-refractivity contribution is 0.0955. The van der Waals surface area contributed by atoms with E-state index in [2.05, 4.69) is 81.8 Å². The van der Waals surface area contributed by atoms with E-state index in [0.717, 1.165) is 56.1 Å². The van der Waals surface area contributed by atoms with E-state index in [4.69, 9.17) is 4.74 Å². The summed E-state index contributed by atoms with van der Waals surface area (Å²) in [6.45, 7) is 8.72. The molecule has 4 aromatic rings. The predicted molar refractivity (Wildman–Crippen MR) is 160 cm³/mol. The fraction of sp³-hybridized carbons (Fsp3) is 0.235. The number of aryl methyl sites for hydroxylation is 1. The third kappa shape index (κ3) is 8.12. The first-order valence-electron chi connectivity index (χ1n) is 13.8. The molecule has 4 aromatic carbocycles. The van der Waals surface area contributed by atoms with Gasteiger partial charge in [0, 0.05) is 44.8 Å². The number of carbonyl (C=O) groups is 1. The highest BCUT2D eigenvalue weighted by Crippen LogP contribution is 2.15. The molecular weight excluding hydrogens is 496 g/mol. The van der Waals surface area contributed by atoms with Gasteiger partial charge in [-0.3, -0.25) is 14.6 Å². The van der Waals surface area contributed by atoms with E-state index >= 15 is 0 Å². The highest BCUT2D eigenvalue weighted by Gasteiger charge is 2.17. The zero-order valence-corrected chi connectivity index (χ0v) is 23.0. The number of carbonyl (C=O) groups excluding carboxylic acids is 1. The van der Waals surface area contributed by atoms with Crippen LogP contribution in [0.3, 0.4) is 0 Å². The minimum atomic E-state index is -0.227. The van der Waals surface area contributed by atoms with Crippen molar-refractivity contribution in [2.24, 2.45) is 5.10 Å². The van der Waals surface area contributed by atoms with E-state index in [1.807, 2.05) is 48.5 Å². The van der Waals surface area contributed by atoms with Gasteiger partial charge in [-0.1, -0.05) is 72.3 Å². The van der Waals surface area contributed by atoms with Crippen LogP contribution in [0, 0.1) is 6.92 Å². The second-order valence-corrected chi connectivity index (χ2v) is 10.3. The van der Waals surface area contributed by atoms with Crippen LogP contribution in [0.5, 0.6) is 5.75 Å². The van der Waals surface area contributed by atoms with E-state index in [-0.39, 0.29) is 5.91 Å². The number of nitrogens with one attached hydrogen (secondary N) is 1. The van der Waals surface area contributed by atoms with Gasteiger partial charge in [0.25, 0.3) is 5.91 Å². The van der Waals surface area contributed by atoms with Crippen molar-refractivity contribution in [1.82, 2.24) is 15.2 Å². The number of hydrogen-bond acceptors (Lipinski definition) is 5. The molecule has 1 saturated heterocycles. The smallest absolute Gasteiger partial charge is 0.271 e. The maximum absolute atomic E-state index is 12.6. The molecule has 40 heavy (non-hydrogen) atoms. The Kier molecular flexibility index (Phi) is 9.35. The number of nitrogens with zero attached hydrogens (tertiary/aromatic N) is 3. The SMILES string of the molecule is Cc1ccc(COc2ccc(/C=N\NC(=O)c3ccc(CN4CCN(Cc5ccccc5)CC4)cc3)cc2)cc1. The molecule has 0 bridgehead atoms. The summed E-state index contributed by atoms with van der Waals surface area (Å²) in [5.41, 5.74) is 9.03. The topological polar surface area (TPSA) is 57.2 Å².